The van der Waals surface area contributed by atoms with E-state index >= 15 is 0 Å². The van der Waals surface area contributed by atoms with Crippen LogP contribution in [0.2, 0.25) is 0 Å². The second kappa shape index (κ2) is 3.84. The molecule has 0 aromatic carbocycles. The van der Waals surface area contributed by atoms with Gasteiger partial charge in [0.05, 0.1) is 0 Å². The lowest BCUT2D eigenvalue weighted by atomic mass is 10.2. The number of nitrogens with one attached hydrogen (secondary N) is 1. The number of hydrogen-bond donors (Lipinski definition) is 2. The molecule has 0 atom stereocenters. The molecule has 1 aromatic rings. The summed E-state index contributed by atoms with van der Waals surface area (Å²) in [6, 6.07) is 1.58. The summed E-state index contributed by atoms with van der Waals surface area (Å²) in [6.45, 7) is 1.81. The smallest absolute Gasteiger partial charge is 0.409 e. The number of rotatable bonds is 2. The Morgan fingerprint density at radius 1 is 1.77 bits per heavy atom. The molecule has 13 heavy (non-hydrogen) atoms. The summed E-state index contributed by atoms with van der Waals surface area (Å²) in [5.41, 5.74) is 0.535. The lowest BCUT2D eigenvalue weighted by Gasteiger charge is -2.06. The maximum atomic E-state index is 13.0. The van der Waals surface area contributed by atoms with Gasteiger partial charge in [-0.2, -0.15) is 4.39 Å². The number of anilines is 1. The van der Waals surface area contributed by atoms with Crippen LogP contribution in [0.4, 0.5) is 14.9 Å². The summed E-state index contributed by atoms with van der Waals surface area (Å²) in [4.78, 5) is 13.6. The van der Waals surface area contributed by atoms with Gasteiger partial charge in [0.2, 0.25) is 5.95 Å². The molecule has 0 aliphatic rings. The molecule has 0 aliphatic carbocycles. The van der Waals surface area contributed by atoms with Crippen LogP contribution in [0.25, 0.3) is 0 Å². The van der Waals surface area contributed by atoms with Crippen molar-refractivity contribution in [2.45, 2.75) is 13.3 Å². The molecule has 0 radical (unpaired) electrons. The van der Waals surface area contributed by atoms with Crippen molar-refractivity contribution in [3.05, 3.63) is 23.8 Å². The number of nitrogens with zero attached hydrogens (tertiary/aromatic N) is 1. The van der Waals surface area contributed by atoms with Gasteiger partial charge in [-0.15, -0.1) is 0 Å². The molecule has 0 spiro atoms. The fourth-order valence-electron chi connectivity index (χ4n) is 1.01. The highest BCUT2D eigenvalue weighted by atomic mass is 19.1. The van der Waals surface area contributed by atoms with Crippen LogP contribution in [-0.4, -0.2) is 16.2 Å². The van der Waals surface area contributed by atoms with E-state index in [9.17, 15) is 9.18 Å². The molecule has 70 valence electrons. The van der Waals surface area contributed by atoms with E-state index in [2.05, 4.69) is 4.98 Å². The van der Waals surface area contributed by atoms with Crippen LogP contribution in [-0.2, 0) is 6.42 Å². The van der Waals surface area contributed by atoms with Crippen molar-refractivity contribution in [3.8, 4) is 0 Å². The third-order valence-electron chi connectivity index (χ3n) is 1.60. The van der Waals surface area contributed by atoms with Crippen LogP contribution < -0.4 is 5.32 Å². The molecule has 1 rings (SSSR count). The highest BCUT2D eigenvalue weighted by Gasteiger charge is 2.10. The summed E-state index contributed by atoms with van der Waals surface area (Å²) < 4.78 is 13.0. The fraction of sp³-hybridized carbons (Fsp3) is 0.250. The topological polar surface area (TPSA) is 62.2 Å². The van der Waals surface area contributed by atoms with Crippen molar-refractivity contribution in [2.75, 3.05) is 5.32 Å². The number of pyridine rings is 1. The molecule has 0 fully saturated rings. The lowest BCUT2D eigenvalue weighted by Crippen LogP contribution is -2.11. The first-order valence-corrected chi connectivity index (χ1v) is 3.78. The Bertz CT molecular complexity index is 328. The Balaban J connectivity index is 3.07. The molecule has 1 heterocycles. The Hall–Kier alpha value is -1.65. The van der Waals surface area contributed by atoms with Gasteiger partial charge in [-0.3, -0.25) is 5.32 Å². The largest absolute Gasteiger partial charge is 0.465 e. The molecule has 0 bridgehead atoms. The number of aromatic nitrogens is 1. The van der Waals surface area contributed by atoms with Gasteiger partial charge in [0.15, 0.2) is 0 Å². The minimum absolute atomic E-state index is 0.0579. The van der Waals surface area contributed by atoms with E-state index in [4.69, 9.17) is 5.11 Å². The van der Waals surface area contributed by atoms with Crippen molar-refractivity contribution >= 4 is 11.8 Å². The predicted molar refractivity (Wildman–Crippen MR) is 45.2 cm³/mol. The van der Waals surface area contributed by atoms with E-state index in [1.807, 2.05) is 12.2 Å². The molecule has 5 heteroatoms. The van der Waals surface area contributed by atoms with Gasteiger partial charge >= 0.3 is 6.09 Å². The first-order valence-electron chi connectivity index (χ1n) is 3.78. The number of halogens is 1. The highest BCUT2D eigenvalue weighted by Crippen LogP contribution is 2.17. The number of carboxylic acid groups (broad SMARTS) is 1. The molecule has 0 unspecified atom stereocenters. The van der Waals surface area contributed by atoms with Gasteiger partial charge in [-0.25, -0.2) is 9.78 Å². The fourth-order valence-corrected chi connectivity index (χ4v) is 1.01. The van der Waals surface area contributed by atoms with Gasteiger partial charge in [0.25, 0.3) is 0 Å². The second-order valence-electron chi connectivity index (χ2n) is 2.42. The molecule has 0 saturated carbocycles. The number of amides is 1. The summed E-state index contributed by atoms with van der Waals surface area (Å²) in [5.74, 6) is -0.790. The van der Waals surface area contributed by atoms with E-state index in [1.165, 1.54) is 6.20 Å². The summed E-state index contributed by atoms with van der Waals surface area (Å²) in [7, 11) is 0. The number of aryl methyl sites for hydroxylation is 1. The Morgan fingerprint density at radius 2 is 2.46 bits per heavy atom. The SMILES string of the molecule is CCc1ccnc(F)c1NC(=O)O. The third-order valence-corrected chi connectivity index (χ3v) is 1.60. The summed E-state index contributed by atoms with van der Waals surface area (Å²) in [6.07, 6.45) is 0.567. The molecule has 1 amide bonds. The van der Waals surface area contributed by atoms with E-state index in [-0.39, 0.29) is 5.69 Å². The zero-order valence-corrected chi connectivity index (χ0v) is 7.04. The van der Waals surface area contributed by atoms with Crippen molar-refractivity contribution in [1.82, 2.24) is 4.98 Å². The first-order chi connectivity index (χ1) is 6.15. The minimum atomic E-state index is -1.29. The molecular weight excluding hydrogens is 175 g/mol. The van der Waals surface area contributed by atoms with Gasteiger partial charge in [-0.05, 0) is 18.1 Å². The molecule has 0 saturated heterocycles. The van der Waals surface area contributed by atoms with Crippen LogP contribution in [0.5, 0.6) is 0 Å². The number of hydrogen-bond acceptors (Lipinski definition) is 2. The van der Waals surface area contributed by atoms with Crippen molar-refractivity contribution in [2.24, 2.45) is 0 Å². The van der Waals surface area contributed by atoms with Crippen molar-refractivity contribution < 1.29 is 14.3 Å². The highest BCUT2D eigenvalue weighted by molar-refractivity contribution is 5.83. The van der Waals surface area contributed by atoms with Crippen LogP contribution >= 0.6 is 0 Å². The van der Waals surface area contributed by atoms with E-state index in [1.54, 1.807) is 6.07 Å². The maximum absolute atomic E-state index is 13.0. The Kier molecular flexibility index (Phi) is 2.79. The average molecular weight is 184 g/mol. The van der Waals surface area contributed by atoms with Crippen LogP contribution in [0.1, 0.15) is 12.5 Å². The molecule has 4 nitrogen and oxygen atoms in total. The first kappa shape index (κ1) is 9.44. The van der Waals surface area contributed by atoms with Crippen LogP contribution in [0, 0.1) is 5.95 Å². The van der Waals surface area contributed by atoms with Gasteiger partial charge in [0.1, 0.15) is 5.69 Å². The van der Waals surface area contributed by atoms with E-state index < -0.39 is 12.0 Å². The zero-order chi connectivity index (χ0) is 9.84. The minimum Gasteiger partial charge on any atom is -0.465 e. The quantitative estimate of drug-likeness (QED) is 0.689. The number of carbonyl (C=O) groups is 1. The average Bonchev–Trinajstić information content (AvgIpc) is 2.08. The molecular formula is C8H9FN2O2. The van der Waals surface area contributed by atoms with E-state index in [0.717, 1.165) is 0 Å². The monoisotopic (exact) mass is 184 g/mol. The third kappa shape index (κ3) is 2.14. The van der Waals surface area contributed by atoms with Gasteiger partial charge in [-0.1, -0.05) is 6.92 Å². The normalized spacial score (nSPS) is 9.69. The predicted octanol–water partition coefficient (Wildman–Crippen LogP) is 1.87. The van der Waals surface area contributed by atoms with Crippen LogP contribution in [0.15, 0.2) is 12.3 Å². The maximum Gasteiger partial charge on any atom is 0.409 e. The van der Waals surface area contributed by atoms with E-state index in [0.29, 0.717) is 12.0 Å². The molecule has 0 aliphatic heterocycles. The zero-order valence-electron chi connectivity index (χ0n) is 7.04. The van der Waals surface area contributed by atoms with Crippen molar-refractivity contribution in [3.63, 3.8) is 0 Å². The van der Waals surface area contributed by atoms with Gasteiger partial charge < -0.3 is 5.11 Å². The Morgan fingerprint density at radius 3 is 3.00 bits per heavy atom. The molecule has 2 N–H and O–H groups in total. The van der Waals surface area contributed by atoms with Crippen LogP contribution in [0.3, 0.4) is 0 Å². The van der Waals surface area contributed by atoms with Gasteiger partial charge in [0, 0.05) is 6.20 Å². The summed E-state index contributed by atoms with van der Waals surface area (Å²) >= 11 is 0. The Labute approximate surface area is 74.4 Å². The standard InChI is InChI=1S/C8H9FN2O2/c1-2-5-3-4-10-7(9)6(5)11-8(12)13/h3-4,11H,2H2,1H3,(H,12,13). The lowest BCUT2D eigenvalue weighted by molar-refractivity contribution is 0.209. The van der Waals surface area contributed by atoms with Crippen molar-refractivity contribution in [1.29, 1.82) is 0 Å². The second-order valence-corrected chi connectivity index (χ2v) is 2.42. The summed E-state index contributed by atoms with van der Waals surface area (Å²) in [5, 5.41) is 10.4. The molecule has 1 aromatic heterocycles.